The molecule has 2 heterocycles. The fourth-order valence-corrected chi connectivity index (χ4v) is 4.69. The minimum Gasteiger partial charge on any atom is -0.493 e. The molecule has 0 radical (unpaired) electrons. The minimum atomic E-state index is -0.888. The van der Waals surface area contributed by atoms with E-state index in [-0.39, 0.29) is 6.61 Å². The van der Waals surface area contributed by atoms with Gasteiger partial charge in [-0.3, -0.25) is 4.90 Å². The molecular weight excluding hydrogens is 501 g/mol. The monoisotopic (exact) mass is 533 g/mol. The molecule has 0 unspecified atom stereocenters. The zero-order valence-electron chi connectivity index (χ0n) is 20.8. The summed E-state index contributed by atoms with van der Waals surface area (Å²) < 4.78 is 19.5. The first-order chi connectivity index (χ1) is 17.3. The van der Waals surface area contributed by atoms with Crippen molar-refractivity contribution < 1.29 is 19.3 Å². The topological polar surface area (TPSA) is 69.0 Å². The van der Waals surface area contributed by atoms with Crippen LogP contribution >= 0.6 is 23.2 Å². The maximum atomic E-state index is 11.2. The van der Waals surface area contributed by atoms with Crippen molar-refractivity contribution in [2.24, 2.45) is 0 Å². The number of nitrogens with zero attached hydrogens (tertiary/aromatic N) is 3. The van der Waals surface area contributed by atoms with Gasteiger partial charge in [0.1, 0.15) is 24.8 Å². The van der Waals surface area contributed by atoms with Crippen LogP contribution in [-0.2, 0) is 13.1 Å². The van der Waals surface area contributed by atoms with Crippen LogP contribution in [0.15, 0.2) is 48.8 Å². The van der Waals surface area contributed by atoms with Crippen LogP contribution in [0.4, 0.5) is 0 Å². The quantitative estimate of drug-likeness (QED) is 0.377. The van der Waals surface area contributed by atoms with Gasteiger partial charge in [-0.1, -0.05) is 29.3 Å². The first-order valence-corrected chi connectivity index (χ1v) is 12.9. The fourth-order valence-electron chi connectivity index (χ4n) is 4.41. The third-order valence-corrected chi connectivity index (χ3v) is 7.30. The Hall–Kier alpha value is -2.45. The summed E-state index contributed by atoms with van der Waals surface area (Å²) in [6, 6.07) is 11.2. The van der Waals surface area contributed by atoms with Crippen molar-refractivity contribution in [1.29, 1.82) is 0 Å². The number of likely N-dealkylation sites (tertiary alicyclic amines) is 1. The Labute approximate surface area is 222 Å². The van der Waals surface area contributed by atoms with Gasteiger partial charge in [-0.05, 0) is 62.6 Å². The molecule has 1 aliphatic rings. The van der Waals surface area contributed by atoms with Crippen molar-refractivity contribution in [3.05, 3.63) is 70.2 Å². The molecule has 0 spiro atoms. The molecule has 1 saturated heterocycles. The smallest absolute Gasteiger partial charge is 0.161 e. The highest BCUT2D eigenvalue weighted by molar-refractivity contribution is 6.42. The van der Waals surface area contributed by atoms with Crippen molar-refractivity contribution in [2.75, 3.05) is 33.4 Å². The summed E-state index contributed by atoms with van der Waals surface area (Å²) in [4.78, 5) is 6.61. The van der Waals surface area contributed by atoms with Gasteiger partial charge >= 0.3 is 0 Å². The lowest BCUT2D eigenvalue weighted by molar-refractivity contribution is -0.0168. The van der Waals surface area contributed by atoms with Crippen molar-refractivity contribution in [3.63, 3.8) is 0 Å². The van der Waals surface area contributed by atoms with E-state index in [4.69, 9.17) is 37.4 Å². The van der Waals surface area contributed by atoms with E-state index in [1.54, 1.807) is 31.5 Å². The molecule has 0 aliphatic carbocycles. The average Bonchev–Trinajstić information content (AvgIpc) is 3.18. The third kappa shape index (κ3) is 7.07. The number of hydrogen-bond donors (Lipinski definition) is 1. The van der Waals surface area contributed by atoms with Crippen molar-refractivity contribution in [3.8, 4) is 17.2 Å². The molecule has 36 heavy (non-hydrogen) atoms. The van der Waals surface area contributed by atoms with Crippen LogP contribution in [0.3, 0.4) is 0 Å². The molecule has 0 bridgehead atoms. The molecule has 7 nitrogen and oxygen atoms in total. The van der Waals surface area contributed by atoms with Gasteiger partial charge in [-0.2, -0.15) is 0 Å². The van der Waals surface area contributed by atoms with Crippen molar-refractivity contribution in [2.45, 2.75) is 44.9 Å². The Bertz CT molecular complexity index is 1160. The molecule has 0 saturated carbocycles. The van der Waals surface area contributed by atoms with E-state index in [2.05, 4.69) is 20.5 Å². The summed E-state index contributed by atoms with van der Waals surface area (Å²) >= 11 is 12.1. The Morgan fingerprint density at radius 3 is 2.64 bits per heavy atom. The second-order valence-corrected chi connectivity index (χ2v) is 10.0. The van der Waals surface area contributed by atoms with E-state index in [9.17, 15) is 5.11 Å². The lowest BCUT2D eigenvalue weighted by Gasteiger charge is -2.27. The van der Waals surface area contributed by atoms with Gasteiger partial charge in [0, 0.05) is 31.5 Å². The number of hydrogen-bond acceptors (Lipinski definition) is 6. The molecule has 1 N–H and O–H groups in total. The van der Waals surface area contributed by atoms with E-state index in [1.165, 1.54) is 0 Å². The number of rotatable bonds is 10. The molecule has 9 heteroatoms. The summed E-state index contributed by atoms with van der Waals surface area (Å²) in [5.74, 6) is 3.01. The van der Waals surface area contributed by atoms with Crippen LogP contribution in [-0.4, -0.2) is 58.6 Å². The zero-order chi connectivity index (χ0) is 25.5. The van der Waals surface area contributed by atoms with E-state index < -0.39 is 5.60 Å². The Morgan fingerprint density at radius 2 is 1.89 bits per heavy atom. The van der Waals surface area contributed by atoms with Crippen LogP contribution < -0.4 is 14.2 Å². The van der Waals surface area contributed by atoms with Crippen LogP contribution in [0.2, 0.25) is 10.0 Å². The van der Waals surface area contributed by atoms with Crippen molar-refractivity contribution in [1.82, 2.24) is 14.5 Å². The first-order valence-electron chi connectivity index (χ1n) is 12.2. The summed E-state index contributed by atoms with van der Waals surface area (Å²) in [5.41, 5.74) is 0.252. The molecule has 2 aromatic carbocycles. The highest BCUT2D eigenvalue weighted by Crippen LogP contribution is 2.31. The Kier molecular flexibility index (Phi) is 9.01. The molecule has 1 fully saturated rings. The number of halogens is 2. The van der Waals surface area contributed by atoms with E-state index >= 15 is 0 Å². The molecular formula is C27H33Cl2N3O4. The van der Waals surface area contributed by atoms with Crippen LogP contribution in [0.5, 0.6) is 17.2 Å². The molecule has 0 amide bonds. The van der Waals surface area contributed by atoms with E-state index in [1.807, 2.05) is 25.3 Å². The van der Waals surface area contributed by atoms with Gasteiger partial charge in [-0.15, -0.1) is 0 Å². The minimum absolute atomic E-state index is 0.218. The summed E-state index contributed by atoms with van der Waals surface area (Å²) in [5, 5.41) is 12.1. The number of imidazole rings is 1. The van der Waals surface area contributed by atoms with Gasteiger partial charge in [0.2, 0.25) is 0 Å². The number of aliphatic hydroxyl groups is 1. The van der Waals surface area contributed by atoms with Gasteiger partial charge in [0.05, 0.1) is 29.3 Å². The summed E-state index contributed by atoms with van der Waals surface area (Å²) in [6.45, 7) is 5.87. The van der Waals surface area contributed by atoms with Crippen LogP contribution in [0.25, 0.3) is 0 Å². The molecule has 1 aromatic heterocycles. The second-order valence-electron chi connectivity index (χ2n) is 9.22. The Morgan fingerprint density at radius 1 is 1.03 bits per heavy atom. The third-order valence-electron chi connectivity index (χ3n) is 6.56. The number of ether oxygens (including phenoxy) is 3. The molecule has 4 rings (SSSR count). The second kappa shape index (κ2) is 12.2. The highest BCUT2D eigenvalue weighted by Gasteiger charge is 2.31. The number of aromatic nitrogens is 2. The predicted octanol–water partition coefficient (Wildman–Crippen LogP) is 5.38. The SMILES string of the molecule is COc1ccc(CN2CCC[C@](O)(COc3ccc(Cl)c(Cl)c3)CC2)cc1OCCn1ccnc1C. The maximum Gasteiger partial charge on any atom is 0.161 e. The van der Waals surface area contributed by atoms with E-state index in [0.717, 1.165) is 43.2 Å². The number of benzene rings is 2. The Balaban J connectivity index is 1.32. The predicted molar refractivity (Wildman–Crippen MR) is 141 cm³/mol. The average molecular weight is 534 g/mol. The lowest BCUT2D eigenvalue weighted by atomic mass is 9.96. The normalized spacial score (nSPS) is 18.6. The lowest BCUT2D eigenvalue weighted by Crippen LogP contribution is -2.37. The van der Waals surface area contributed by atoms with Gasteiger partial charge in [0.25, 0.3) is 0 Å². The van der Waals surface area contributed by atoms with Crippen LogP contribution in [0.1, 0.15) is 30.7 Å². The van der Waals surface area contributed by atoms with Crippen molar-refractivity contribution >= 4 is 23.2 Å². The maximum absolute atomic E-state index is 11.2. The molecule has 1 aliphatic heterocycles. The zero-order valence-corrected chi connectivity index (χ0v) is 22.3. The van der Waals surface area contributed by atoms with Gasteiger partial charge in [-0.25, -0.2) is 4.98 Å². The highest BCUT2D eigenvalue weighted by atomic mass is 35.5. The van der Waals surface area contributed by atoms with Gasteiger partial charge in [0.15, 0.2) is 11.5 Å². The first kappa shape index (κ1) is 26.6. The summed E-state index contributed by atoms with van der Waals surface area (Å²) in [7, 11) is 1.65. The fraction of sp³-hybridized carbons (Fsp3) is 0.444. The van der Waals surface area contributed by atoms with E-state index in [0.29, 0.717) is 47.5 Å². The van der Waals surface area contributed by atoms with Crippen LogP contribution in [0, 0.1) is 6.92 Å². The summed E-state index contributed by atoms with van der Waals surface area (Å²) in [6.07, 6.45) is 5.92. The molecule has 1 atom stereocenters. The number of aryl methyl sites for hydroxylation is 1. The molecule has 194 valence electrons. The molecule has 3 aromatic rings. The standard InChI is InChI=1S/C27H33Cl2N3O4/c1-20-30-10-13-32(20)14-15-35-26-16-21(4-7-25(26)34-2)18-31-11-3-8-27(33,9-12-31)19-36-22-5-6-23(28)24(29)17-22/h4-7,10,13,16-17,33H,3,8-9,11-12,14-15,18-19H2,1-2H3/t27-/m1/s1. The number of methoxy groups -OCH3 is 1. The van der Waals surface area contributed by atoms with Gasteiger partial charge < -0.3 is 23.9 Å². The largest absolute Gasteiger partial charge is 0.493 e.